The molecule has 158 valence electrons. The minimum absolute atomic E-state index is 0.0232. The summed E-state index contributed by atoms with van der Waals surface area (Å²) in [7, 11) is 0. The maximum Gasteiger partial charge on any atom is 0.348 e. The van der Waals surface area contributed by atoms with Gasteiger partial charge in [-0.25, -0.2) is 9.18 Å². The fraction of sp³-hybridized carbons (Fsp3) is 0.286. The van der Waals surface area contributed by atoms with Gasteiger partial charge in [0.2, 0.25) is 5.91 Å². The normalized spacial score (nSPS) is 11.6. The molecule has 30 heavy (non-hydrogen) atoms. The molecule has 3 rings (SSSR count). The zero-order chi connectivity index (χ0) is 22.2. The second-order valence-electron chi connectivity index (χ2n) is 7.98. The fourth-order valence-corrected chi connectivity index (χ4v) is 3.10. The minimum atomic E-state index is -0.606. The second-order valence-corrected chi connectivity index (χ2v) is 8.79. The van der Waals surface area contributed by atoms with Crippen molar-refractivity contribution >= 4 is 29.1 Å². The van der Waals surface area contributed by atoms with E-state index < -0.39 is 16.9 Å². The Balaban J connectivity index is 1.97. The lowest BCUT2D eigenvalue weighted by molar-refractivity contribution is -0.128. The van der Waals surface area contributed by atoms with E-state index in [1.165, 1.54) is 6.07 Å². The molecule has 6 nitrogen and oxygen atoms in total. The van der Waals surface area contributed by atoms with E-state index in [-0.39, 0.29) is 28.9 Å². The molecule has 2 N–H and O–H groups in total. The van der Waals surface area contributed by atoms with E-state index in [4.69, 9.17) is 23.2 Å². The largest absolute Gasteiger partial charge is 0.351 e. The Kier molecular flexibility index (Phi) is 6.06. The van der Waals surface area contributed by atoms with Crippen LogP contribution in [0.1, 0.15) is 31.9 Å². The summed E-state index contributed by atoms with van der Waals surface area (Å²) in [5.41, 5.74) is 0.813. The van der Waals surface area contributed by atoms with Crippen LogP contribution in [-0.4, -0.2) is 20.7 Å². The Morgan fingerprint density at radius 1 is 1.20 bits per heavy atom. The molecule has 0 bridgehead atoms. The number of hydrogen-bond donors (Lipinski definition) is 2. The van der Waals surface area contributed by atoms with Crippen LogP contribution in [0.2, 0.25) is 10.0 Å². The van der Waals surface area contributed by atoms with E-state index in [0.717, 1.165) is 16.3 Å². The first-order valence-corrected chi connectivity index (χ1v) is 9.95. The molecule has 0 radical (unpaired) electrons. The van der Waals surface area contributed by atoms with Crippen molar-refractivity contribution in [3.8, 4) is 17.1 Å². The average Bonchev–Trinajstić information content (AvgIpc) is 3.03. The van der Waals surface area contributed by atoms with Crippen molar-refractivity contribution < 1.29 is 9.18 Å². The van der Waals surface area contributed by atoms with Crippen molar-refractivity contribution in [2.75, 3.05) is 0 Å². The minimum Gasteiger partial charge on any atom is -0.351 e. The number of aromatic amines is 1. The smallest absolute Gasteiger partial charge is 0.348 e. The molecule has 9 heteroatoms. The maximum absolute atomic E-state index is 14.4. The molecule has 0 unspecified atom stereocenters. The molecule has 0 fully saturated rings. The lowest BCUT2D eigenvalue weighted by Gasteiger charge is -2.18. The highest BCUT2D eigenvalue weighted by Gasteiger charge is 2.22. The van der Waals surface area contributed by atoms with E-state index in [0.29, 0.717) is 16.3 Å². The van der Waals surface area contributed by atoms with E-state index in [1.807, 2.05) is 6.92 Å². The van der Waals surface area contributed by atoms with Crippen LogP contribution >= 0.6 is 23.2 Å². The average molecular weight is 451 g/mol. The number of benzene rings is 2. The number of aromatic nitrogens is 3. The molecule has 0 saturated carbocycles. The van der Waals surface area contributed by atoms with Gasteiger partial charge in [0.15, 0.2) is 5.82 Å². The van der Waals surface area contributed by atoms with E-state index in [1.54, 1.807) is 39.0 Å². The highest BCUT2D eigenvalue weighted by atomic mass is 35.5. The summed E-state index contributed by atoms with van der Waals surface area (Å²) in [6, 6.07) is 7.72. The molecule has 0 aliphatic heterocycles. The summed E-state index contributed by atoms with van der Waals surface area (Å²) in [6.45, 7) is 7.12. The third kappa shape index (κ3) is 4.57. The SMILES string of the molecule is Cc1ccc(-n2nc(-c3cc(CNC(=O)C(C)(C)C)c(F)cc3Cl)[nH]c2=O)cc1Cl. The zero-order valence-electron chi connectivity index (χ0n) is 16.9. The molecule has 0 aliphatic carbocycles. The standard InChI is InChI=1S/C21H21Cl2FN4O2/c1-11-5-6-13(8-15(11)22)28-20(30)26-18(27-28)14-7-12(17(24)9-16(14)23)10-25-19(29)21(2,3)4/h5-9H,10H2,1-4H3,(H,25,29)(H,26,27,30). The number of carbonyl (C=O) groups excluding carboxylic acids is 1. The van der Waals surface area contributed by atoms with Crippen molar-refractivity contribution in [2.24, 2.45) is 5.41 Å². The van der Waals surface area contributed by atoms with Gasteiger partial charge in [-0.15, -0.1) is 5.10 Å². The van der Waals surface area contributed by atoms with Gasteiger partial charge in [-0.3, -0.25) is 9.78 Å². The fourth-order valence-electron chi connectivity index (χ4n) is 2.69. The Morgan fingerprint density at radius 2 is 1.90 bits per heavy atom. The zero-order valence-corrected chi connectivity index (χ0v) is 18.5. The molecule has 0 saturated heterocycles. The van der Waals surface area contributed by atoms with Crippen molar-refractivity contribution in [1.82, 2.24) is 20.1 Å². The molecule has 1 amide bonds. The number of rotatable bonds is 4. The van der Waals surface area contributed by atoms with Gasteiger partial charge in [0.25, 0.3) is 0 Å². The quantitative estimate of drug-likeness (QED) is 0.607. The van der Waals surface area contributed by atoms with E-state index >= 15 is 0 Å². The summed E-state index contributed by atoms with van der Waals surface area (Å²) in [5, 5.41) is 7.57. The highest BCUT2D eigenvalue weighted by Crippen LogP contribution is 2.28. The molecule has 2 aromatic carbocycles. The number of hydrogen-bond acceptors (Lipinski definition) is 3. The van der Waals surface area contributed by atoms with Crippen molar-refractivity contribution in [2.45, 2.75) is 34.2 Å². The van der Waals surface area contributed by atoms with Gasteiger partial charge in [0.1, 0.15) is 5.82 Å². The number of nitrogens with zero attached hydrogens (tertiary/aromatic N) is 2. The highest BCUT2D eigenvalue weighted by molar-refractivity contribution is 6.33. The molecule has 1 heterocycles. The molecule has 0 aliphatic rings. The molecular formula is C21H21Cl2FN4O2. The lowest BCUT2D eigenvalue weighted by Crippen LogP contribution is -2.34. The Labute approximate surface area is 183 Å². The summed E-state index contributed by atoms with van der Waals surface area (Å²) < 4.78 is 15.5. The van der Waals surface area contributed by atoms with E-state index in [9.17, 15) is 14.0 Å². The van der Waals surface area contributed by atoms with Gasteiger partial charge in [-0.1, -0.05) is 50.0 Å². The van der Waals surface area contributed by atoms with Crippen molar-refractivity contribution in [3.63, 3.8) is 0 Å². The van der Waals surface area contributed by atoms with Crippen LogP contribution in [0.4, 0.5) is 4.39 Å². The van der Waals surface area contributed by atoms with Gasteiger partial charge in [-0.05, 0) is 36.8 Å². The van der Waals surface area contributed by atoms with Gasteiger partial charge in [0.05, 0.1) is 10.7 Å². The van der Waals surface area contributed by atoms with E-state index in [2.05, 4.69) is 15.4 Å². The Bertz CT molecular complexity index is 1180. The summed E-state index contributed by atoms with van der Waals surface area (Å²) in [6.07, 6.45) is 0. The predicted octanol–water partition coefficient (Wildman–Crippen LogP) is 4.64. The number of amides is 1. The third-order valence-electron chi connectivity index (χ3n) is 4.53. The van der Waals surface area contributed by atoms with Crippen molar-refractivity contribution in [1.29, 1.82) is 0 Å². The number of halogens is 3. The van der Waals surface area contributed by atoms with Crippen LogP contribution in [0, 0.1) is 18.2 Å². The van der Waals surface area contributed by atoms with Gasteiger partial charge in [0, 0.05) is 28.1 Å². The second kappa shape index (κ2) is 8.24. The van der Waals surface area contributed by atoms with Crippen LogP contribution < -0.4 is 11.0 Å². The topological polar surface area (TPSA) is 79.8 Å². The number of H-pyrrole nitrogens is 1. The summed E-state index contributed by atoms with van der Waals surface area (Å²) >= 11 is 12.4. The first-order valence-electron chi connectivity index (χ1n) is 9.20. The summed E-state index contributed by atoms with van der Waals surface area (Å²) in [5.74, 6) is -0.609. The molecule has 0 atom stereocenters. The molecular weight excluding hydrogens is 430 g/mol. The monoisotopic (exact) mass is 450 g/mol. The maximum atomic E-state index is 14.4. The van der Waals surface area contributed by atoms with Crippen LogP contribution in [-0.2, 0) is 11.3 Å². The number of nitrogens with one attached hydrogen (secondary N) is 2. The Morgan fingerprint density at radius 3 is 2.53 bits per heavy atom. The van der Waals surface area contributed by atoms with Crippen LogP contribution in [0.15, 0.2) is 35.1 Å². The number of carbonyl (C=O) groups is 1. The first-order chi connectivity index (χ1) is 14.0. The predicted molar refractivity (Wildman–Crippen MR) is 116 cm³/mol. The molecule has 3 aromatic rings. The third-order valence-corrected chi connectivity index (χ3v) is 5.25. The van der Waals surface area contributed by atoms with Gasteiger partial charge < -0.3 is 5.32 Å². The van der Waals surface area contributed by atoms with Crippen LogP contribution in [0.3, 0.4) is 0 Å². The lowest BCUT2D eigenvalue weighted by atomic mass is 9.95. The molecule has 1 aromatic heterocycles. The molecule has 0 spiro atoms. The van der Waals surface area contributed by atoms with Crippen LogP contribution in [0.25, 0.3) is 17.1 Å². The number of aryl methyl sites for hydroxylation is 1. The Hall–Kier alpha value is -2.64. The van der Waals surface area contributed by atoms with Gasteiger partial charge in [-0.2, -0.15) is 4.68 Å². The van der Waals surface area contributed by atoms with Crippen molar-refractivity contribution in [3.05, 3.63) is 67.8 Å². The van der Waals surface area contributed by atoms with Gasteiger partial charge >= 0.3 is 5.69 Å². The van der Waals surface area contributed by atoms with Crippen LogP contribution in [0.5, 0.6) is 0 Å². The first kappa shape index (κ1) is 22.1. The summed E-state index contributed by atoms with van der Waals surface area (Å²) in [4.78, 5) is 27.1.